The van der Waals surface area contributed by atoms with Gasteiger partial charge in [-0.25, -0.2) is 0 Å². The minimum Gasteiger partial charge on any atom is -0.338 e. The molecule has 0 unspecified atom stereocenters. The van der Waals surface area contributed by atoms with Gasteiger partial charge in [0, 0.05) is 22.7 Å². The van der Waals surface area contributed by atoms with E-state index in [1.165, 1.54) is 11.8 Å². The molecule has 4 rings (SSSR count). The van der Waals surface area contributed by atoms with Gasteiger partial charge in [-0.2, -0.15) is 4.98 Å². The van der Waals surface area contributed by atoms with E-state index in [9.17, 15) is 0 Å². The molecule has 0 bridgehead atoms. The number of halogens is 1. The minimum absolute atomic E-state index is 0.529. The molecule has 4 aromatic rings. The van der Waals surface area contributed by atoms with Crippen LogP contribution in [-0.2, 0) is 12.3 Å². The Kier molecular flexibility index (Phi) is 5.97. The molecule has 0 fully saturated rings. The highest BCUT2D eigenvalue weighted by atomic mass is 35.5. The molecular formula is C21H20ClN5OS. The van der Waals surface area contributed by atoms with Crippen molar-refractivity contribution in [2.45, 2.75) is 37.7 Å². The van der Waals surface area contributed by atoms with Crippen molar-refractivity contribution in [3.8, 4) is 22.8 Å². The second-order valence-corrected chi connectivity index (χ2v) is 7.96. The number of thioether (sulfide) groups is 1. The number of aromatic nitrogens is 5. The number of hydrogen-bond donors (Lipinski definition) is 0. The van der Waals surface area contributed by atoms with Crippen LogP contribution < -0.4 is 0 Å². The van der Waals surface area contributed by atoms with Gasteiger partial charge in [-0.15, -0.1) is 10.2 Å². The van der Waals surface area contributed by atoms with Crippen LogP contribution in [0.25, 0.3) is 22.8 Å². The van der Waals surface area contributed by atoms with E-state index in [0.717, 1.165) is 40.6 Å². The van der Waals surface area contributed by atoms with Gasteiger partial charge in [-0.1, -0.05) is 59.7 Å². The molecule has 0 aliphatic heterocycles. The Morgan fingerprint density at radius 2 is 1.86 bits per heavy atom. The van der Waals surface area contributed by atoms with Crippen LogP contribution >= 0.6 is 23.4 Å². The summed E-state index contributed by atoms with van der Waals surface area (Å²) in [6.07, 6.45) is 0.976. The molecule has 0 spiro atoms. The lowest BCUT2D eigenvalue weighted by Gasteiger charge is -2.08. The van der Waals surface area contributed by atoms with E-state index in [-0.39, 0.29) is 0 Å². The first-order valence-corrected chi connectivity index (χ1v) is 10.7. The quantitative estimate of drug-likeness (QED) is 0.356. The fourth-order valence-electron chi connectivity index (χ4n) is 3.01. The van der Waals surface area contributed by atoms with Gasteiger partial charge in [0.05, 0.1) is 5.75 Å². The summed E-state index contributed by atoms with van der Waals surface area (Å²) in [5.74, 6) is 2.53. The Hall–Kier alpha value is -2.64. The first-order valence-electron chi connectivity index (χ1n) is 9.36. The number of hydrogen-bond acceptors (Lipinski definition) is 6. The Morgan fingerprint density at radius 3 is 2.62 bits per heavy atom. The molecule has 2 heterocycles. The van der Waals surface area contributed by atoms with E-state index >= 15 is 0 Å². The van der Waals surface area contributed by atoms with Crippen LogP contribution in [0.5, 0.6) is 0 Å². The van der Waals surface area contributed by atoms with Crippen molar-refractivity contribution in [1.29, 1.82) is 0 Å². The zero-order valence-corrected chi connectivity index (χ0v) is 17.7. The fraction of sp³-hybridized carbons (Fsp3) is 0.238. The Balaban J connectivity index is 1.53. The molecule has 8 heteroatoms. The van der Waals surface area contributed by atoms with Crippen molar-refractivity contribution >= 4 is 23.4 Å². The maximum absolute atomic E-state index is 6.01. The van der Waals surface area contributed by atoms with E-state index in [2.05, 4.69) is 31.8 Å². The smallest absolute Gasteiger partial charge is 0.237 e. The molecule has 2 aromatic carbocycles. The maximum Gasteiger partial charge on any atom is 0.237 e. The predicted molar refractivity (Wildman–Crippen MR) is 115 cm³/mol. The molecule has 148 valence electrons. The summed E-state index contributed by atoms with van der Waals surface area (Å²) in [5, 5.41) is 14.4. The van der Waals surface area contributed by atoms with Crippen molar-refractivity contribution in [1.82, 2.24) is 24.9 Å². The van der Waals surface area contributed by atoms with Gasteiger partial charge in [0.15, 0.2) is 11.0 Å². The molecule has 29 heavy (non-hydrogen) atoms. The fourth-order valence-corrected chi connectivity index (χ4v) is 3.93. The van der Waals surface area contributed by atoms with Crippen LogP contribution in [0, 0.1) is 6.92 Å². The summed E-state index contributed by atoms with van der Waals surface area (Å²) in [4.78, 5) is 4.54. The summed E-state index contributed by atoms with van der Waals surface area (Å²) in [6.45, 7) is 4.99. The van der Waals surface area contributed by atoms with Crippen molar-refractivity contribution in [3.63, 3.8) is 0 Å². The maximum atomic E-state index is 6.01. The summed E-state index contributed by atoms with van der Waals surface area (Å²) in [5.41, 5.74) is 3.08. The first-order chi connectivity index (χ1) is 14.2. The minimum atomic E-state index is 0.529. The lowest BCUT2D eigenvalue weighted by Crippen LogP contribution is -2.02. The van der Waals surface area contributed by atoms with Crippen LogP contribution in [-0.4, -0.2) is 24.9 Å². The zero-order chi connectivity index (χ0) is 20.2. The molecule has 0 saturated carbocycles. The predicted octanol–water partition coefficient (Wildman–Crippen LogP) is 5.66. The largest absolute Gasteiger partial charge is 0.338 e. The Morgan fingerprint density at radius 1 is 1.07 bits per heavy atom. The van der Waals surface area contributed by atoms with Crippen LogP contribution in [0.3, 0.4) is 0 Å². The van der Waals surface area contributed by atoms with Crippen molar-refractivity contribution < 1.29 is 4.52 Å². The molecule has 0 radical (unpaired) electrons. The summed E-state index contributed by atoms with van der Waals surface area (Å²) in [6, 6.07) is 15.6. The SMILES string of the molecule is CCCn1c(SCc2nc(-c3ccccc3C)no2)nnc1-c1ccc(Cl)cc1. The molecule has 2 aromatic heterocycles. The third kappa shape index (κ3) is 4.36. The first kappa shape index (κ1) is 19.7. The molecule has 0 atom stereocenters. The number of rotatable bonds is 7. The van der Waals surface area contributed by atoms with Gasteiger partial charge in [-0.05, 0) is 43.2 Å². The second kappa shape index (κ2) is 8.80. The van der Waals surface area contributed by atoms with Crippen molar-refractivity contribution in [2.24, 2.45) is 0 Å². The van der Waals surface area contributed by atoms with Crippen LogP contribution in [0.15, 0.2) is 58.2 Å². The topological polar surface area (TPSA) is 69.6 Å². The van der Waals surface area contributed by atoms with Gasteiger partial charge >= 0.3 is 0 Å². The summed E-state index contributed by atoms with van der Waals surface area (Å²) >= 11 is 7.55. The monoisotopic (exact) mass is 425 g/mol. The second-order valence-electron chi connectivity index (χ2n) is 6.58. The van der Waals surface area contributed by atoms with Crippen molar-refractivity contribution in [2.75, 3.05) is 0 Å². The van der Waals surface area contributed by atoms with Crippen molar-refractivity contribution in [3.05, 3.63) is 65.0 Å². The lowest BCUT2D eigenvalue weighted by molar-refractivity contribution is 0.391. The Bertz CT molecular complexity index is 1110. The molecule has 0 amide bonds. The van der Waals surface area contributed by atoms with E-state index in [4.69, 9.17) is 16.1 Å². The van der Waals surface area contributed by atoms with Crippen LogP contribution in [0.4, 0.5) is 0 Å². The molecular weight excluding hydrogens is 406 g/mol. The standard InChI is InChI=1S/C21H20ClN5OS/c1-3-12-27-20(15-8-10-16(22)11-9-15)24-25-21(27)29-13-18-23-19(26-28-18)17-7-5-4-6-14(17)2/h4-11H,3,12-13H2,1-2H3. The van der Waals surface area contributed by atoms with Crippen LogP contribution in [0.1, 0.15) is 24.8 Å². The van der Waals surface area contributed by atoms with E-state index < -0.39 is 0 Å². The number of benzene rings is 2. The molecule has 0 aliphatic rings. The average molecular weight is 426 g/mol. The number of aryl methyl sites for hydroxylation is 1. The van der Waals surface area contributed by atoms with E-state index in [1.54, 1.807) is 0 Å². The van der Waals surface area contributed by atoms with Gasteiger partial charge in [-0.3, -0.25) is 0 Å². The molecule has 0 N–H and O–H groups in total. The van der Waals surface area contributed by atoms with E-state index in [0.29, 0.717) is 22.5 Å². The normalized spacial score (nSPS) is 11.1. The van der Waals surface area contributed by atoms with Gasteiger partial charge < -0.3 is 9.09 Å². The zero-order valence-electron chi connectivity index (χ0n) is 16.2. The Labute approximate surface area is 178 Å². The highest BCUT2D eigenvalue weighted by molar-refractivity contribution is 7.98. The molecule has 0 aliphatic carbocycles. The summed E-state index contributed by atoms with van der Waals surface area (Å²) < 4.78 is 7.56. The van der Waals surface area contributed by atoms with Gasteiger partial charge in [0.2, 0.25) is 11.7 Å². The van der Waals surface area contributed by atoms with Gasteiger partial charge in [0.25, 0.3) is 0 Å². The lowest BCUT2D eigenvalue weighted by atomic mass is 10.1. The highest BCUT2D eigenvalue weighted by Crippen LogP contribution is 2.28. The third-order valence-corrected chi connectivity index (χ3v) is 5.65. The molecule has 0 saturated heterocycles. The molecule has 6 nitrogen and oxygen atoms in total. The summed E-state index contributed by atoms with van der Waals surface area (Å²) in [7, 11) is 0. The third-order valence-electron chi connectivity index (χ3n) is 4.45. The highest BCUT2D eigenvalue weighted by Gasteiger charge is 2.16. The van der Waals surface area contributed by atoms with Gasteiger partial charge in [0.1, 0.15) is 0 Å². The number of nitrogens with zero attached hydrogens (tertiary/aromatic N) is 5. The van der Waals surface area contributed by atoms with E-state index in [1.807, 2.05) is 55.5 Å². The van der Waals surface area contributed by atoms with Crippen LogP contribution in [0.2, 0.25) is 5.02 Å². The average Bonchev–Trinajstić information content (AvgIpc) is 3.35.